The van der Waals surface area contributed by atoms with E-state index >= 15 is 0 Å². The van der Waals surface area contributed by atoms with Gasteiger partial charge in [-0.3, -0.25) is 0 Å². The third-order valence-corrected chi connectivity index (χ3v) is 4.76. The predicted octanol–water partition coefficient (Wildman–Crippen LogP) is 1.65. The summed E-state index contributed by atoms with van der Waals surface area (Å²) in [5.41, 5.74) is 6.66. The molecule has 6 heteroatoms. The number of nitrogens with two attached hydrogens (primary N) is 1. The van der Waals surface area contributed by atoms with Crippen LogP contribution in [0.4, 0.5) is 5.69 Å². The Kier molecular flexibility index (Phi) is 4.36. The number of rotatable bonds is 4. The summed E-state index contributed by atoms with van der Waals surface area (Å²) in [5.74, 6) is -0.0458. The average molecular weight is 298 g/mol. The number of anilines is 1. The van der Waals surface area contributed by atoms with Gasteiger partial charge >= 0.3 is 0 Å². The largest absolute Gasteiger partial charge is 0.399 e. The lowest BCUT2D eigenvalue weighted by Crippen LogP contribution is -2.46. The lowest BCUT2D eigenvalue weighted by molar-refractivity contribution is -0.0599. The first-order chi connectivity index (χ1) is 9.26. The topological polar surface area (TPSA) is 81.4 Å². The SMILES string of the molecule is CC1(C)CC(NS(=O)(=O)Cc2cccc(N)c2)CCO1. The minimum absolute atomic E-state index is 0.0458. The number of sulfonamides is 1. The van der Waals surface area contributed by atoms with Crippen LogP contribution >= 0.6 is 0 Å². The van der Waals surface area contributed by atoms with Crippen LogP contribution in [0.1, 0.15) is 32.3 Å². The summed E-state index contributed by atoms with van der Waals surface area (Å²) in [4.78, 5) is 0. The smallest absolute Gasteiger partial charge is 0.216 e. The number of benzene rings is 1. The maximum atomic E-state index is 12.2. The first-order valence-corrected chi connectivity index (χ1v) is 8.39. The van der Waals surface area contributed by atoms with Gasteiger partial charge in [-0.25, -0.2) is 13.1 Å². The highest BCUT2D eigenvalue weighted by atomic mass is 32.2. The van der Waals surface area contributed by atoms with Crippen molar-refractivity contribution in [3.05, 3.63) is 29.8 Å². The molecule has 1 fully saturated rings. The molecule has 112 valence electrons. The van der Waals surface area contributed by atoms with Gasteiger partial charge in [-0.1, -0.05) is 12.1 Å². The lowest BCUT2D eigenvalue weighted by Gasteiger charge is -2.35. The summed E-state index contributed by atoms with van der Waals surface area (Å²) in [6, 6.07) is 6.89. The van der Waals surface area contributed by atoms with Crippen molar-refractivity contribution in [1.29, 1.82) is 0 Å². The van der Waals surface area contributed by atoms with Crippen molar-refractivity contribution >= 4 is 15.7 Å². The van der Waals surface area contributed by atoms with Crippen LogP contribution in [0.3, 0.4) is 0 Å². The second-order valence-electron chi connectivity index (χ2n) is 5.92. The number of nitrogens with one attached hydrogen (secondary N) is 1. The van der Waals surface area contributed by atoms with Crippen molar-refractivity contribution in [3.63, 3.8) is 0 Å². The van der Waals surface area contributed by atoms with Crippen molar-refractivity contribution < 1.29 is 13.2 Å². The van der Waals surface area contributed by atoms with Gasteiger partial charge < -0.3 is 10.5 Å². The Morgan fingerprint density at radius 1 is 1.45 bits per heavy atom. The third-order valence-electron chi connectivity index (χ3n) is 3.35. The second-order valence-corrected chi connectivity index (χ2v) is 7.67. The number of ether oxygens (including phenoxy) is 1. The van der Waals surface area contributed by atoms with E-state index in [4.69, 9.17) is 10.5 Å². The van der Waals surface area contributed by atoms with Gasteiger partial charge in [0.1, 0.15) is 0 Å². The molecule has 1 saturated heterocycles. The van der Waals surface area contributed by atoms with Gasteiger partial charge in [0.05, 0.1) is 11.4 Å². The van der Waals surface area contributed by atoms with Gasteiger partial charge in [-0.05, 0) is 44.4 Å². The summed E-state index contributed by atoms with van der Waals surface area (Å²) >= 11 is 0. The average Bonchev–Trinajstić information content (AvgIpc) is 2.25. The van der Waals surface area contributed by atoms with E-state index in [2.05, 4.69) is 4.72 Å². The van der Waals surface area contributed by atoms with Gasteiger partial charge in [0.25, 0.3) is 0 Å². The Morgan fingerprint density at radius 2 is 2.20 bits per heavy atom. The molecular formula is C14H22N2O3S. The molecule has 20 heavy (non-hydrogen) atoms. The van der Waals surface area contributed by atoms with E-state index in [0.717, 1.165) is 0 Å². The first kappa shape index (κ1) is 15.3. The molecule has 0 aromatic heterocycles. The van der Waals surface area contributed by atoms with Crippen LogP contribution in [0.2, 0.25) is 0 Å². The normalized spacial score (nSPS) is 22.6. The van der Waals surface area contributed by atoms with Crippen LogP contribution < -0.4 is 10.5 Å². The third kappa shape index (κ3) is 4.47. The van der Waals surface area contributed by atoms with Crippen molar-refractivity contribution in [2.24, 2.45) is 0 Å². The van der Waals surface area contributed by atoms with Crippen molar-refractivity contribution in [2.75, 3.05) is 12.3 Å². The lowest BCUT2D eigenvalue weighted by atomic mass is 9.95. The standard InChI is InChI=1S/C14H22N2O3S/c1-14(2)9-13(6-7-19-14)16-20(17,18)10-11-4-3-5-12(15)8-11/h3-5,8,13,16H,6-7,9-10,15H2,1-2H3. The number of hydrogen-bond donors (Lipinski definition) is 2. The van der Waals surface area contributed by atoms with E-state index in [1.807, 2.05) is 13.8 Å². The van der Waals surface area contributed by atoms with Crippen LogP contribution in [0, 0.1) is 0 Å². The molecule has 5 nitrogen and oxygen atoms in total. The molecule has 0 amide bonds. The molecule has 1 aromatic carbocycles. The summed E-state index contributed by atoms with van der Waals surface area (Å²) in [5, 5.41) is 0. The van der Waals surface area contributed by atoms with Crippen molar-refractivity contribution in [2.45, 2.75) is 44.1 Å². The maximum absolute atomic E-state index is 12.2. The Labute approximate surface area is 120 Å². The van der Waals surface area contributed by atoms with E-state index in [1.54, 1.807) is 24.3 Å². The highest BCUT2D eigenvalue weighted by molar-refractivity contribution is 7.88. The molecule has 1 unspecified atom stereocenters. The molecule has 2 rings (SSSR count). The molecule has 0 spiro atoms. The van der Waals surface area contributed by atoms with Gasteiger partial charge in [-0.2, -0.15) is 0 Å². The van der Waals surface area contributed by atoms with Gasteiger partial charge in [0, 0.05) is 18.3 Å². The summed E-state index contributed by atoms with van der Waals surface area (Å²) < 4.78 is 32.8. The number of hydrogen-bond acceptors (Lipinski definition) is 4. The van der Waals surface area contributed by atoms with E-state index in [-0.39, 0.29) is 17.4 Å². The van der Waals surface area contributed by atoms with Crippen LogP contribution in [0.25, 0.3) is 0 Å². The van der Waals surface area contributed by atoms with E-state index in [1.165, 1.54) is 0 Å². The van der Waals surface area contributed by atoms with Crippen LogP contribution in [-0.4, -0.2) is 26.7 Å². The van der Waals surface area contributed by atoms with Gasteiger partial charge in [-0.15, -0.1) is 0 Å². The predicted molar refractivity (Wildman–Crippen MR) is 79.7 cm³/mol. The van der Waals surface area contributed by atoms with Gasteiger partial charge in [0.2, 0.25) is 10.0 Å². The quantitative estimate of drug-likeness (QED) is 0.828. The Morgan fingerprint density at radius 3 is 2.85 bits per heavy atom. The monoisotopic (exact) mass is 298 g/mol. The zero-order valence-corrected chi connectivity index (χ0v) is 12.7. The van der Waals surface area contributed by atoms with Crippen LogP contribution in [-0.2, 0) is 20.5 Å². The van der Waals surface area contributed by atoms with Crippen LogP contribution in [0.15, 0.2) is 24.3 Å². The van der Waals surface area contributed by atoms with E-state index in [0.29, 0.717) is 30.7 Å². The summed E-state index contributed by atoms with van der Waals surface area (Å²) in [6.45, 7) is 4.54. The van der Waals surface area contributed by atoms with Gasteiger partial charge in [0.15, 0.2) is 0 Å². The molecule has 0 saturated carbocycles. The molecule has 3 N–H and O–H groups in total. The molecule has 1 atom stereocenters. The molecule has 0 bridgehead atoms. The fourth-order valence-corrected chi connectivity index (χ4v) is 3.94. The Hall–Kier alpha value is -1.11. The molecule has 0 aliphatic carbocycles. The minimum Gasteiger partial charge on any atom is -0.399 e. The highest BCUT2D eigenvalue weighted by Crippen LogP contribution is 2.24. The van der Waals surface area contributed by atoms with Crippen LogP contribution in [0.5, 0.6) is 0 Å². The van der Waals surface area contributed by atoms with Crippen molar-refractivity contribution in [3.8, 4) is 0 Å². The highest BCUT2D eigenvalue weighted by Gasteiger charge is 2.31. The summed E-state index contributed by atoms with van der Waals surface area (Å²) in [7, 11) is -3.36. The maximum Gasteiger partial charge on any atom is 0.216 e. The second kappa shape index (κ2) is 5.71. The molecule has 1 aromatic rings. The molecule has 1 aliphatic rings. The molecule has 1 aliphatic heterocycles. The molecular weight excluding hydrogens is 276 g/mol. The minimum atomic E-state index is -3.36. The zero-order valence-electron chi connectivity index (χ0n) is 11.9. The van der Waals surface area contributed by atoms with Crippen molar-refractivity contribution in [1.82, 2.24) is 4.72 Å². The fraction of sp³-hybridized carbons (Fsp3) is 0.571. The Bertz CT molecular complexity index is 570. The zero-order chi connectivity index (χ0) is 14.8. The number of nitrogen functional groups attached to an aromatic ring is 1. The first-order valence-electron chi connectivity index (χ1n) is 6.74. The van der Waals surface area contributed by atoms with E-state index < -0.39 is 10.0 Å². The Balaban J connectivity index is 2.01. The molecule has 1 heterocycles. The van der Waals surface area contributed by atoms with E-state index in [9.17, 15) is 8.42 Å². The summed E-state index contributed by atoms with van der Waals surface area (Å²) in [6.07, 6.45) is 1.39. The molecule has 0 radical (unpaired) electrons. The fourth-order valence-electron chi connectivity index (χ4n) is 2.53.